The van der Waals surface area contributed by atoms with Gasteiger partial charge in [-0.25, -0.2) is 14.0 Å². The topological polar surface area (TPSA) is 70.5 Å². The second kappa shape index (κ2) is 7.70. The van der Waals surface area contributed by atoms with Crippen molar-refractivity contribution in [1.29, 1.82) is 0 Å². The van der Waals surface area contributed by atoms with Crippen LogP contribution in [0, 0.1) is 6.92 Å². The Labute approximate surface area is 182 Å². The fourth-order valence-electron chi connectivity index (χ4n) is 3.46. The highest BCUT2D eigenvalue weighted by molar-refractivity contribution is 6.30. The van der Waals surface area contributed by atoms with Crippen molar-refractivity contribution in [3.63, 3.8) is 0 Å². The molecule has 0 N–H and O–H groups in total. The summed E-state index contributed by atoms with van der Waals surface area (Å²) >= 11 is 5.98. The quantitative estimate of drug-likeness (QED) is 0.429. The van der Waals surface area contributed by atoms with E-state index in [2.05, 4.69) is 15.3 Å². The van der Waals surface area contributed by atoms with E-state index in [9.17, 15) is 4.79 Å². The molecule has 0 aliphatic carbocycles. The van der Waals surface area contributed by atoms with Gasteiger partial charge in [0.05, 0.1) is 40.2 Å². The summed E-state index contributed by atoms with van der Waals surface area (Å²) in [5.41, 5.74) is 4.36. The van der Waals surface area contributed by atoms with Crippen molar-refractivity contribution in [2.75, 3.05) is 0 Å². The first-order chi connectivity index (χ1) is 15.1. The zero-order chi connectivity index (χ0) is 21.4. The molecule has 152 valence electrons. The molecular weight excluding hydrogens is 412 g/mol. The van der Waals surface area contributed by atoms with Crippen LogP contribution in [-0.4, -0.2) is 29.3 Å². The highest BCUT2D eigenvalue weighted by atomic mass is 35.5. The van der Waals surface area contributed by atoms with Gasteiger partial charge in [0.15, 0.2) is 5.69 Å². The number of hydrogen-bond donors (Lipinski definition) is 0. The summed E-state index contributed by atoms with van der Waals surface area (Å²) in [5.74, 6) is 0. The molecule has 0 fully saturated rings. The number of halogens is 1. The van der Waals surface area contributed by atoms with Gasteiger partial charge in [-0.1, -0.05) is 29.8 Å². The van der Waals surface area contributed by atoms with Crippen molar-refractivity contribution < 1.29 is 0 Å². The maximum Gasteiger partial charge on any atom is 0.209 e. The largest absolute Gasteiger partial charge is 0.287 e. The molecule has 0 radical (unpaired) electrons. The Morgan fingerprint density at radius 1 is 0.903 bits per heavy atom. The SMILES string of the molecule is Cc1cc(-n2cc(Cl)cn2)ccc1-n1ccc(=O)c(-c2ccnn2-c2ccccc2)n1. The summed E-state index contributed by atoms with van der Waals surface area (Å²) in [4.78, 5) is 12.7. The van der Waals surface area contributed by atoms with Crippen molar-refractivity contribution in [2.45, 2.75) is 6.92 Å². The first-order valence-electron chi connectivity index (χ1n) is 9.61. The molecule has 0 atom stereocenters. The highest BCUT2D eigenvalue weighted by Gasteiger charge is 2.14. The fourth-order valence-corrected chi connectivity index (χ4v) is 3.59. The van der Waals surface area contributed by atoms with Crippen LogP contribution < -0.4 is 5.43 Å². The van der Waals surface area contributed by atoms with Gasteiger partial charge in [-0.3, -0.25) is 4.79 Å². The maximum atomic E-state index is 12.7. The number of nitrogens with zero attached hydrogens (tertiary/aromatic N) is 6. The molecule has 0 saturated carbocycles. The number of benzene rings is 2. The Balaban J connectivity index is 1.58. The number of aromatic nitrogens is 6. The van der Waals surface area contributed by atoms with E-state index in [0.717, 1.165) is 22.6 Å². The second-order valence-electron chi connectivity index (χ2n) is 7.01. The van der Waals surface area contributed by atoms with Crippen LogP contribution in [0.1, 0.15) is 5.56 Å². The average Bonchev–Trinajstić information content (AvgIpc) is 3.44. The minimum atomic E-state index is -0.172. The van der Waals surface area contributed by atoms with E-state index in [1.807, 2.05) is 55.5 Å². The molecule has 0 spiro atoms. The first-order valence-corrected chi connectivity index (χ1v) is 9.99. The molecule has 0 amide bonds. The Morgan fingerprint density at radius 2 is 1.74 bits per heavy atom. The number of rotatable bonds is 4. The number of para-hydroxylation sites is 1. The Bertz CT molecular complexity index is 1430. The molecule has 31 heavy (non-hydrogen) atoms. The van der Waals surface area contributed by atoms with Crippen LogP contribution in [0.2, 0.25) is 5.02 Å². The Morgan fingerprint density at radius 3 is 2.48 bits per heavy atom. The lowest BCUT2D eigenvalue weighted by Gasteiger charge is -2.12. The number of hydrogen-bond acceptors (Lipinski definition) is 4. The van der Waals surface area contributed by atoms with E-state index < -0.39 is 0 Å². The summed E-state index contributed by atoms with van der Waals surface area (Å²) in [6, 6.07) is 18.8. The monoisotopic (exact) mass is 428 g/mol. The van der Waals surface area contributed by atoms with Gasteiger partial charge in [-0.15, -0.1) is 0 Å². The van der Waals surface area contributed by atoms with Gasteiger partial charge in [-0.05, 0) is 48.9 Å². The standard InChI is InChI=1S/C23H17ClN6O/c1-16-13-19(29-15-17(24)14-26-29)7-8-20(16)28-12-10-22(31)23(27-28)21-9-11-25-30(21)18-5-3-2-4-6-18/h2-15H,1H3. The van der Waals surface area contributed by atoms with E-state index in [0.29, 0.717) is 16.4 Å². The molecule has 0 aliphatic heterocycles. The van der Waals surface area contributed by atoms with Crippen LogP contribution in [-0.2, 0) is 0 Å². The minimum absolute atomic E-state index is 0.172. The van der Waals surface area contributed by atoms with Crippen LogP contribution in [0.5, 0.6) is 0 Å². The highest BCUT2D eigenvalue weighted by Crippen LogP contribution is 2.21. The van der Waals surface area contributed by atoms with E-state index in [1.165, 1.54) is 6.07 Å². The van der Waals surface area contributed by atoms with Gasteiger partial charge in [0, 0.05) is 18.5 Å². The van der Waals surface area contributed by atoms with E-state index in [-0.39, 0.29) is 5.43 Å². The van der Waals surface area contributed by atoms with E-state index >= 15 is 0 Å². The van der Waals surface area contributed by atoms with Crippen LogP contribution in [0.25, 0.3) is 28.5 Å². The van der Waals surface area contributed by atoms with Gasteiger partial charge in [0.25, 0.3) is 0 Å². The molecule has 0 aliphatic rings. The third-order valence-corrected chi connectivity index (χ3v) is 5.13. The molecule has 3 heterocycles. The smallest absolute Gasteiger partial charge is 0.209 e. The van der Waals surface area contributed by atoms with Crippen molar-refractivity contribution >= 4 is 11.6 Å². The van der Waals surface area contributed by atoms with Gasteiger partial charge in [-0.2, -0.15) is 15.3 Å². The lowest BCUT2D eigenvalue weighted by Crippen LogP contribution is -2.15. The zero-order valence-electron chi connectivity index (χ0n) is 16.6. The number of aryl methyl sites for hydroxylation is 1. The summed E-state index contributed by atoms with van der Waals surface area (Å²) in [6.07, 6.45) is 6.67. The summed E-state index contributed by atoms with van der Waals surface area (Å²) < 4.78 is 5.13. The summed E-state index contributed by atoms with van der Waals surface area (Å²) in [7, 11) is 0. The third kappa shape index (κ3) is 3.55. The van der Waals surface area contributed by atoms with Crippen LogP contribution in [0.3, 0.4) is 0 Å². The molecule has 8 heteroatoms. The van der Waals surface area contributed by atoms with Gasteiger partial charge >= 0.3 is 0 Å². The van der Waals surface area contributed by atoms with Gasteiger partial charge < -0.3 is 0 Å². The first kappa shape index (κ1) is 19.0. The van der Waals surface area contributed by atoms with Crippen LogP contribution in [0.15, 0.2) is 90.2 Å². The molecule has 0 bridgehead atoms. The summed E-state index contributed by atoms with van der Waals surface area (Å²) in [5, 5.41) is 13.8. The molecule has 0 unspecified atom stereocenters. The second-order valence-corrected chi connectivity index (χ2v) is 7.45. The fraction of sp³-hybridized carbons (Fsp3) is 0.0435. The lowest BCUT2D eigenvalue weighted by molar-refractivity contribution is 0.815. The molecule has 5 aromatic rings. The zero-order valence-corrected chi connectivity index (χ0v) is 17.3. The van der Waals surface area contributed by atoms with Crippen molar-refractivity contribution in [2.24, 2.45) is 0 Å². The predicted octanol–water partition coefficient (Wildman–Crippen LogP) is 4.23. The van der Waals surface area contributed by atoms with Crippen molar-refractivity contribution in [3.8, 4) is 28.5 Å². The Hall–Kier alpha value is -3.97. The van der Waals surface area contributed by atoms with E-state index in [1.54, 1.807) is 44.9 Å². The molecular formula is C23H17ClN6O. The molecule has 3 aromatic heterocycles. The summed E-state index contributed by atoms with van der Waals surface area (Å²) in [6.45, 7) is 1.98. The minimum Gasteiger partial charge on any atom is -0.287 e. The third-order valence-electron chi connectivity index (χ3n) is 4.94. The molecule has 0 saturated heterocycles. The normalized spacial score (nSPS) is 11.0. The van der Waals surface area contributed by atoms with Crippen molar-refractivity contribution in [3.05, 3.63) is 106 Å². The Kier molecular flexibility index (Phi) is 4.72. The van der Waals surface area contributed by atoms with Crippen LogP contribution in [0.4, 0.5) is 0 Å². The predicted molar refractivity (Wildman–Crippen MR) is 119 cm³/mol. The molecule has 7 nitrogen and oxygen atoms in total. The van der Waals surface area contributed by atoms with E-state index in [4.69, 9.17) is 11.6 Å². The molecule has 2 aromatic carbocycles. The lowest BCUT2D eigenvalue weighted by atomic mass is 10.1. The van der Waals surface area contributed by atoms with Gasteiger partial charge in [0.1, 0.15) is 0 Å². The maximum absolute atomic E-state index is 12.7. The average molecular weight is 429 g/mol. The van der Waals surface area contributed by atoms with Crippen LogP contribution >= 0.6 is 11.6 Å². The van der Waals surface area contributed by atoms with Gasteiger partial charge in [0.2, 0.25) is 5.43 Å². The van der Waals surface area contributed by atoms with Crippen molar-refractivity contribution in [1.82, 2.24) is 29.3 Å². The molecule has 5 rings (SSSR count).